The molecule has 0 spiro atoms. The van der Waals surface area contributed by atoms with Crippen molar-refractivity contribution in [1.82, 2.24) is 19.9 Å². The molecule has 0 aliphatic rings. The Morgan fingerprint density at radius 1 is 1.48 bits per heavy atom. The summed E-state index contributed by atoms with van der Waals surface area (Å²) in [5.41, 5.74) is 0.617. The number of aryl methyl sites for hydroxylation is 3. The first-order valence-corrected chi connectivity index (χ1v) is 7.18. The van der Waals surface area contributed by atoms with Crippen molar-refractivity contribution in [2.75, 3.05) is 0 Å². The highest BCUT2D eigenvalue weighted by Crippen LogP contribution is 2.21. The van der Waals surface area contributed by atoms with Gasteiger partial charge in [0.1, 0.15) is 5.82 Å². The van der Waals surface area contributed by atoms with Crippen molar-refractivity contribution in [3.05, 3.63) is 35.6 Å². The smallest absolute Gasteiger partial charge is 0.289 e. The van der Waals surface area contributed by atoms with E-state index in [2.05, 4.69) is 15.3 Å². The summed E-state index contributed by atoms with van der Waals surface area (Å²) in [6.45, 7) is 7.81. The molecule has 0 fully saturated rings. The molecule has 1 atom stereocenters. The van der Waals surface area contributed by atoms with E-state index in [9.17, 15) is 4.79 Å². The number of carbonyl (C=O) groups is 1. The predicted molar refractivity (Wildman–Crippen MR) is 78.9 cm³/mol. The summed E-state index contributed by atoms with van der Waals surface area (Å²) < 4.78 is 7.42. The van der Waals surface area contributed by atoms with Gasteiger partial charge in [-0.2, -0.15) is 0 Å². The molecule has 2 aromatic heterocycles. The second-order valence-electron chi connectivity index (χ2n) is 5.47. The molecule has 2 heterocycles. The molecule has 21 heavy (non-hydrogen) atoms. The molecule has 1 amide bonds. The first-order valence-electron chi connectivity index (χ1n) is 7.18. The SMILES string of the molecule is CCc1nc(C)c(C(=O)N[C@@H](c2nccn2C)C(C)C)o1. The minimum atomic E-state index is -0.249. The summed E-state index contributed by atoms with van der Waals surface area (Å²) in [5, 5.41) is 3.00. The predicted octanol–water partition coefficient (Wildman–Crippen LogP) is 2.41. The minimum absolute atomic E-state index is 0.174. The molecule has 2 rings (SSSR count). The zero-order valence-electron chi connectivity index (χ0n) is 13.2. The normalized spacial score (nSPS) is 12.7. The lowest BCUT2D eigenvalue weighted by Gasteiger charge is -2.21. The Hall–Kier alpha value is -2.11. The molecule has 0 aromatic carbocycles. The van der Waals surface area contributed by atoms with Crippen LogP contribution in [0.1, 0.15) is 54.8 Å². The van der Waals surface area contributed by atoms with E-state index >= 15 is 0 Å². The van der Waals surface area contributed by atoms with Gasteiger partial charge in [0.15, 0.2) is 5.89 Å². The lowest BCUT2D eigenvalue weighted by atomic mass is 10.0. The molecule has 0 radical (unpaired) electrons. The van der Waals surface area contributed by atoms with Crippen molar-refractivity contribution in [3.8, 4) is 0 Å². The number of rotatable bonds is 5. The Morgan fingerprint density at radius 3 is 2.67 bits per heavy atom. The second kappa shape index (κ2) is 6.11. The Morgan fingerprint density at radius 2 is 2.19 bits per heavy atom. The maximum absolute atomic E-state index is 12.4. The minimum Gasteiger partial charge on any atom is -0.435 e. The van der Waals surface area contributed by atoms with Crippen LogP contribution in [0, 0.1) is 12.8 Å². The monoisotopic (exact) mass is 290 g/mol. The summed E-state index contributed by atoms with van der Waals surface area (Å²) in [6.07, 6.45) is 4.26. The van der Waals surface area contributed by atoms with Crippen LogP contribution in [0.25, 0.3) is 0 Å². The molecular weight excluding hydrogens is 268 g/mol. The van der Waals surface area contributed by atoms with E-state index in [1.807, 2.05) is 38.6 Å². The fraction of sp³-hybridized carbons (Fsp3) is 0.533. The van der Waals surface area contributed by atoms with E-state index in [-0.39, 0.29) is 23.6 Å². The van der Waals surface area contributed by atoms with Gasteiger partial charge in [0, 0.05) is 25.9 Å². The summed E-state index contributed by atoms with van der Waals surface area (Å²) in [6, 6.07) is -0.174. The first kappa shape index (κ1) is 15.3. The van der Waals surface area contributed by atoms with Crippen molar-refractivity contribution in [2.24, 2.45) is 13.0 Å². The second-order valence-corrected chi connectivity index (χ2v) is 5.47. The van der Waals surface area contributed by atoms with Gasteiger partial charge in [-0.25, -0.2) is 9.97 Å². The molecule has 114 valence electrons. The van der Waals surface area contributed by atoms with Gasteiger partial charge in [0.25, 0.3) is 5.91 Å². The van der Waals surface area contributed by atoms with Crippen LogP contribution >= 0.6 is 0 Å². The average Bonchev–Trinajstić information content (AvgIpc) is 3.01. The third-order valence-electron chi connectivity index (χ3n) is 3.44. The number of nitrogens with zero attached hydrogens (tertiary/aromatic N) is 3. The van der Waals surface area contributed by atoms with E-state index in [4.69, 9.17) is 4.42 Å². The van der Waals surface area contributed by atoms with Crippen LogP contribution in [0.3, 0.4) is 0 Å². The molecule has 0 saturated heterocycles. The van der Waals surface area contributed by atoms with Crippen LogP contribution in [-0.2, 0) is 13.5 Å². The van der Waals surface area contributed by atoms with Gasteiger partial charge in [-0.05, 0) is 12.8 Å². The Bertz CT molecular complexity index is 627. The van der Waals surface area contributed by atoms with Gasteiger partial charge in [0.2, 0.25) is 5.76 Å². The number of imidazole rings is 1. The number of oxazole rings is 1. The maximum atomic E-state index is 12.4. The number of aromatic nitrogens is 3. The topological polar surface area (TPSA) is 73.0 Å². The number of carbonyl (C=O) groups excluding carboxylic acids is 1. The van der Waals surface area contributed by atoms with Gasteiger partial charge in [-0.15, -0.1) is 0 Å². The van der Waals surface area contributed by atoms with Crippen LogP contribution in [0.4, 0.5) is 0 Å². The Labute approximate surface area is 124 Å². The number of nitrogens with one attached hydrogen (secondary N) is 1. The van der Waals surface area contributed by atoms with E-state index in [1.54, 1.807) is 13.1 Å². The van der Waals surface area contributed by atoms with Crippen LogP contribution in [0.15, 0.2) is 16.8 Å². The molecule has 0 aliphatic carbocycles. The van der Waals surface area contributed by atoms with Gasteiger partial charge < -0.3 is 14.3 Å². The van der Waals surface area contributed by atoms with E-state index in [0.717, 1.165) is 5.82 Å². The van der Waals surface area contributed by atoms with E-state index in [1.165, 1.54) is 0 Å². The summed E-state index contributed by atoms with van der Waals surface area (Å²) in [4.78, 5) is 21.0. The van der Waals surface area contributed by atoms with Crippen molar-refractivity contribution < 1.29 is 9.21 Å². The molecule has 2 aromatic rings. The molecule has 6 nitrogen and oxygen atoms in total. The van der Waals surface area contributed by atoms with Crippen molar-refractivity contribution in [3.63, 3.8) is 0 Å². The fourth-order valence-electron chi connectivity index (χ4n) is 2.23. The lowest BCUT2D eigenvalue weighted by Crippen LogP contribution is -2.33. The quantitative estimate of drug-likeness (QED) is 0.917. The van der Waals surface area contributed by atoms with Crippen LogP contribution < -0.4 is 5.32 Å². The number of hydrogen-bond donors (Lipinski definition) is 1. The van der Waals surface area contributed by atoms with Gasteiger partial charge in [-0.3, -0.25) is 4.79 Å². The van der Waals surface area contributed by atoms with Crippen molar-refractivity contribution in [1.29, 1.82) is 0 Å². The molecule has 0 bridgehead atoms. The molecule has 0 unspecified atom stereocenters. The molecule has 6 heteroatoms. The molecule has 0 saturated carbocycles. The largest absolute Gasteiger partial charge is 0.435 e. The van der Waals surface area contributed by atoms with Crippen molar-refractivity contribution in [2.45, 2.75) is 40.2 Å². The highest BCUT2D eigenvalue weighted by atomic mass is 16.4. The summed E-state index contributed by atoms with van der Waals surface area (Å²) in [5.74, 6) is 1.65. The third kappa shape index (κ3) is 3.15. The van der Waals surface area contributed by atoms with Crippen molar-refractivity contribution >= 4 is 5.91 Å². The highest BCUT2D eigenvalue weighted by Gasteiger charge is 2.25. The van der Waals surface area contributed by atoms with Gasteiger partial charge in [0.05, 0.1) is 11.7 Å². The van der Waals surface area contributed by atoms with E-state index < -0.39 is 0 Å². The van der Waals surface area contributed by atoms with Gasteiger partial charge in [-0.1, -0.05) is 20.8 Å². The first-order chi connectivity index (χ1) is 9.93. The summed E-state index contributed by atoms with van der Waals surface area (Å²) >= 11 is 0. The van der Waals surface area contributed by atoms with Crippen LogP contribution in [-0.4, -0.2) is 20.4 Å². The highest BCUT2D eigenvalue weighted by molar-refractivity contribution is 5.92. The number of hydrogen-bond acceptors (Lipinski definition) is 4. The number of amides is 1. The zero-order chi connectivity index (χ0) is 15.6. The fourth-order valence-corrected chi connectivity index (χ4v) is 2.23. The third-order valence-corrected chi connectivity index (χ3v) is 3.44. The Balaban J connectivity index is 2.23. The van der Waals surface area contributed by atoms with E-state index in [0.29, 0.717) is 18.0 Å². The molecule has 1 N–H and O–H groups in total. The summed E-state index contributed by atoms with van der Waals surface area (Å²) in [7, 11) is 1.92. The lowest BCUT2D eigenvalue weighted by molar-refractivity contribution is 0.0891. The average molecular weight is 290 g/mol. The van der Waals surface area contributed by atoms with Crippen LogP contribution in [0.5, 0.6) is 0 Å². The molecule has 0 aliphatic heterocycles. The Kier molecular flexibility index (Phi) is 4.45. The van der Waals surface area contributed by atoms with Crippen LogP contribution in [0.2, 0.25) is 0 Å². The maximum Gasteiger partial charge on any atom is 0.289 e. The van der Waals surface area contributed by atoms with Gasteiger partial charge >= 0.3 is 0 Å². The standard InChI is InChI=1S/C15H22N4O2/c1-6-11-17-10(4)13(21-11)15(20)18-12(9(2)3)14-16-7-8-19(14)5/h7-9,12H,6H2,1-5H3,(H,18,20)/t12-/m1/s1. The zero-order valence-corrected chi connectivity index (χ0v) is 13.2. The molecular formula is C15H22N4O2.